The Hall–Kier alpha value is 0.01000. The first-order valence-electron chi connectivity index (χ1n) is 3.99. The van der Waals surface area contributed by atoms with Crippen LogP contribution in [-0.2, 0) is 10.0 Å². The largest absolute Gasteiger partial charge is 0.395 e. The lowest BCUT2D eigenvalue weighted by atomic mass is 10.4. The van der Waals surface area contributed by atoms with Gasteiger partial charge in [-0.05, 0) is 28.1 Å². The van der Waals surface area contributed by atoms with Crippen LogP contribution in [0.2, 0.25) is 0 Å². The molecule has 0 aliphatic carbocycles. The molecule has 0 unspecified atom stereocenters. The summed E-state index contributed by atoms with van der Waals surface area (Å²) in [5.74, 6) is 0. The molecular weight excluding hydrogens is 306 g/mol. The molecule has 0 saturated heterocycles. The van der Waals surface area contributed by atoms with Crippen molar-refractivity contribution in [3.63, 3.8) is 0 Å². The lowest BCUT2D eigenvalue weighted by molar-refractivity contribution is 0.185. The third-order valence-electron chi connectivity index (χ3n) is 1.58. The van der Waals surface area contributed by atoms with Crippen LogP contribution in [0.5, 0.6) is 0 Å². The minimum absolute atomic E-state index is 0.140. The van der Waals surface area contributed by atoms with Crippen LogP contribution in [0.15, 0.2) is 20.1 Å². The van der Waals surface area contributed by atoms with E-state index in [0.29, 0.717) is 3.79 Å². The van der Waals surface area contributed by atoms with Gasteiger partial charge in [0.1, 0.15) is 4.21 Å². The molecule has 0 atom stereocenters. The lowest BCUT2D eigenvalue weighted by Crippen LogP contribution is -2.39. The Morgan fingerprint density at radius 2 is 2.00 bits per heavy atom. The number of rotatable bonds is 5. The van der Waals surface area contributed by atoms with Crippen LogP contribution < -0.4 is 4.72 Å². The van der Waals surface area contributed by atoms with Crippen molar-refractivity contribution in [2.75, 3.05) is 13.2 Å². The van der Waals surface area contributed by atoms with Crippen molar-refractivity contribution < 1.29 is 18.6 Å². The third-order valence-corrected chi connectivity index (χ3v) is 5.21. The Labute approximate surface area is 99.9 Å². The fraction of sp³-hybridized carbons (Fsp3) is 0.429. The highest BCUT2D eigenvalue weighted by atomic mass is 79.9. The van der Waals surface area contributed by atoms with Gasteiger partial charge in [-0.25, -0.2) is 13.1 Å². The highest BCUT2D eigenvalue weighted by Crippen LogP contribution is 2.25. The van der Waals surface area contributed by atoms with Crippen LogP contribution in [-0.4, -0.2) is 37.9 Å². The molecule has 86 valence electrons. The van der Waals surface area contributed by atoms with Crippen LogP contribution in [0.25, 0.3) is 0 Å². The van der Waals surface area contributed by atoms with Crippen LogP contribution in [0.1, 0.15) is 0 Å². The van der Waals surface area contributed by atoms with Crippen molar-refractivity contribution in [3.8, 4) is 0 Å². The first-order chi connectivity index (χ1) is 6.99. The van der Waals surface area contributed by atoms with E-state index >= 15 is 0 Å². The molecule has 1 aromatic rings. The molecule has 3 N–H and O–H groups in total. The van der Waals surface area contributed by atoms with E-state index in [1.165, 1.54) is 6.07 Å². The Morgan fingerprint density at radius 1 is 1.40 bits per heavy atom. The molecule has 1 heterocycles. The van der Waals surface area contributed by atoms with E-state index in [9.17, 15) is 8.42 Å². The van der Waals surface area contributed by atoms with Crippen molar-refractivity contribution >= 4 is 37.3 Å². The van der Waals surface area contributed by atoms with Crippen molar-refractivity contribution in [1.29, 1.82) is 0 Å². The fourth-order valence-electron chi connectivity index (χ4n) is 0.852. The first-order valence-corrected chi connectivity index (χ1v) is 7.08. The van der Waals surface area contributed by atoms with E-state index in [0.717, 1.165) is 11.3 Å². The van der Waals surface area contributed by atoms with Gasteiger partial charge in [-0.2, -0.15) is 0 Å². The zero-order valence-corrected chi connectivity index (χ0v) is 10.8. The molecule has 0 fully saturated rings. The molecule has 1 aromatic heterocycles. The highest BCUT2D eigenvalue weighted by molar-refractivity contribution is 9.11. The summed E-state index contributed by atoms with van der Waals surface area (Å²) in [5.41, 5.74) is 0. The standard InChI is InChI=1S/C7H10BrNO4S2/c8-6-1-2-7(14-6)15(12,13)9-5(3-10)4-11/h1-2,5,9-11H,3-4H2. The van der Waals surface area contributed by atoms with E-state index in [1.807, 2.05) is 0 Å². The lowest BCUT2D eigenvalue weighted by Gasteiger charge is -2.12. The van der Waals surface area contributed by atoms with Crippen LogP contribution in [0, 0.1) is 0 Å². The number of aliphatic hydroxyl groups is 2. The first kappa shape index (κ1) is 13.1. The second-order valence-electron chi connectivity index (χ2n) is 2.74. The molecule has 0 radical (unpaired) electrons. The number of nitrogens with one attached hydrogen (secondary N) is 1. The molecule has 0 spiro atoms. The van der Waals surface area contributed by atoms with E-state index in [4.69, 9.17) is 10.2 Å². The minimum Gasteiger partial charge on any atom is -0.395 e. The molecule has 8 heteroatoms. The number of thiophene rings is 1. The SMILES string of the molecule is O=S(=O)(NC(CO)CO)c1ccc(Br)s1. The molecule has 0 aliphatic rings. The molecule has 1 rings (SSSR count). The third kappa shape index (κ3) is 3.51. The normalized spacial score (nSPS) is 12.3. The summed E-state index contributed by atoms with van der Waals surface area (Å²) in [4.78, 5) is 0. The van der Waals surface area contributed by atoms with Crippen molar-refractivity contribution in [2.45, 2.75) is 10.3 Å². The van der Waals surface area contributed by atoms with Crippen molar-refractivity contribution in [1.82, 2.24) is 4.72 Å². The molecule has 0 bridgehead atoms. The maximum Gasteiger partial charge on any atom is 0.250 e. The van der Waals surface area contributed by atoms with Crippen molar-refractivity contribution in [3.05, 3.63) is 15.9 Å². The average molecular weight is 316 g/mol. The molecular formula is C7H10BrNO4S2. The number of aliphatic hydroxyl groups excluding tert-OH is 2. The summed E-state index contributed by atoms with van der Waals surface area (Å²) >= 11 is 4.21. The smallest absolute Gasteiger partial charge is 0.250 e. The number of hydrogen-bond acceptors (Lipinski definition) is 5. The molecule has 0 aromatic carbocycles. The highest BCUT2D eigenvalue weighted by Gasteiger charge is 2.20. The predicted molar refractivity (Wildman–Crippen MR) is 60.3 cm³/mol. The molecule has 0 aliphatic heterocycles. The predicted octanol–water partition coefficient (Wildman–Crippen LogP) is 0.142. The average Bonchev–Trinajstić information content (AvgIpc) is 2.62. The van der Waals surface area contributed by atoms with Gasteiger partial charge in [0.25, 0.3) is 0 Å². The molecule has 0 saturated carbocycles. The monoisotopic (exact) mass is 315 g/mol. The Balaban J connectivity index is 2.84. The second-order valence-corrected chi connectivity index (χ2v) is 7.15. The second kappa shape index (κ2) is 5.37. The summed E-state index contributed by atoms with van der Waals surface area (Å²) in [7, 11) is -3.64. The summed E-state index contributed by atoms with van der Waals surface area (Å²) in [6.45, 7) is -0.884. The van der Waals surface area contributed by atoms with Crippen LogP contribution in [0.4, 0.5) is 0 Å². The number of sulfonamides is 1. The maximum absolute atomic E-state index is 11.6. The van der Waals surface area contributed by atoms with Gasteiger partial charge in [0, 0.05) is 0 Å². The van der Waals surface area contributed by atoms with Crippen LogP contribution >= 0.6 is 27.3 Å². The summed E-state index contributed by atoms with van der Waals surface area (Å²) in [6.07, 6.45) is 0. The van der Waals surface area contributed by atoms with Gasteiger partial charge in [0.05, 0.1) is 23.0 Å². The maximum atomic E-state index is 11.6. The molecule has 5 nitrogen and oxygen atoms in total. The Morgan fingerprint density at radius 3 is 2.40 bits per heavy atom. The zero-order valence-electron chi connectivity index (χ0n) is 7.55. The zero-order chi connectivity index (χ0) is 11.5. The summed E-state index contributed by atoms with van der Waals surface area (Å²) in [6, 6.07) is 2.20. The van der Waals surface area contributed by atoms with Gasteiger partial charge in [0.15, 0.2) is 0 Å². The number of halogens is 1. The van der Waals surface area contributed by atoms with Gasteiger partial charge in [-0.1, -0.05) is 0 Å². The summed E-state index contributed by atoms with van der Waals surface area (Å²) in [5, 5.41) is 17.5. The quantitative estimate of drug-likeness (QED) is 0.721. The van der Waals surface area contributed by atoms with E-state index in [2.05, 4.69) is 20.7 Å². The van der Waals surface area contributed by atoms with Crippen LogP contribution in [0.3, 0.4) is 0 Å². The number of hydrogen-bond donors (Lipinski definition) is 3. The van der Waals surface area contributed by atoms with Gasteiger partial charge >= 0.3 is 0 Å². The van der Waals surface area contributed by atoms with Gasteiger partial charge in [-0.3, -0.25) is 0 Å². The van der Waals surface area contributed by atoms with Crippen molar-refractivity contribution in [2.24, 2.45) is 0 Å². The van der Waals surface area contributed by atoms with Gasteiger partial charge in [0.2, 0.25) is 10.0 Å². The van der Waals surface area contributed by atoms with E-state index < -0.39 is 29.3 Å². The topological polar surface area (TPSA) is 86.6 Å². The Kier molecular flexibility index (Phi) is 4.68. The summed E-state index contributed by atoms with van der Waals surface area (Å²) < 4.78 is 26.3. The minimum atomic E-state index is -3.64. The molecule has 0 amide bonds. The van der Waals surface area contributed by atoms with E-state index in [-0.39, 0.29) is 4.21 Å². The van der Waals surface area contributed by atoms with Gasteiger partial charge < -0.3 is 10.2 Å². The fourth-order valence-corrected chi connectivity index (χ4v) is 4.10. The van der Waals surface area contributed by atoms with Gasteiger partial charge in [-0.15, -0.1) is 11.3 Å². The Bertz CT molecular complexity index is 412. The van der Waals surface area contributed by atoms with E-state index in [1.54, 1.807) is 6.07 Å². The molecule has 15 heavy (non-hydrogen) atoms.